The summed E-state index contributed by atoms with van der Waals surface area (Å²) >= 11 is 0. The van der Waals surface area contributed by atoms with Crippen LogP contribution in [-0.2, 0) is 13.0 Å². The van der Waals surface area contributed by atoms with E-state index in [0.717, 1.165) is 62.5 Å². The van der Waals surface area contributed by atoms with Crippen molar-refractivity contribution in [2.45, 2.75) is 45.7 Å². The summed E-state index contributed by atoms with van der Waals surface area (Å²) in [5.41, 5.74) is 4.58. The van der Waals surface area contributed by atoms with E-state index in [4.69, 9.17) is 4.99 Å². The van der Waals surface area contributed by atoms with Crippen molar-refractivity contribution in [3.05, 3.63) is 70.8 Å². The van der Waals surface area contributed by atoms with E-state index in [1.807, 2.05) is 18.2 Å². The molecular weight excluding hydrogens is 410 g/mol. The highest BCUT2D eigenvalue weighted by molar-refractivity contribution is 5.94. The van der Waals surface area contributed by atoms with Gasteiger partial charge < -0.3 is 15.5 Å². The predicted molar refractivity (Wildman–Crippen MR) is 137 cm³/mol. The van der Waals surface area contributed by atoms with Gasteiger partial charge in [0.2, 0.25) is 0 Å². The summed E-state index contributed by atoms with van der Waals surface area (Å²) in [4.78, 5) is 21.1. The Bertz CT molecular complexity index is 932. The number of benzene rings is 2. The maximum atomic E-state index is 12.2. The number of carbonyl (C=O) groups is 1. The topological polar surface area (TPSA) is 60.0 Å². The number of amides is 1. The number of carbonyl (C=O) groups excluding carboxylic acids is 1. The molecule has 2 aromatic rings. The minimum absolute atomic E-state index is 0.0316. The molecule has 1 aliphatic rings. The van der Waals surface area contributed by atoms with E-state index in [-0.39, 0.29) is 5.91 Å². The van der Waals surface area contributed by atoms with Gasteiger partial charge in [-0.1, -0.05) is 42.0 Å². The molecule has 2 aromatic carbocycles. The number of aryl methyl sites for hydroxylation is 1. The van der Waals surface area contributed by atoms with Gasteiger partial charge in [-0.2, -0.15) is 0 Å². The molecule has 6 nitrogen and oxygen atoms in total. The molecular formula is C27H39N5O. The van der Waals surface area contributed by atoms with Crippen molar-refractivity contribution in [3.8, 4) is 0 Å². The van der Waals surface area contributed by atoms with Crippen LogP contribution in [0.1, 0.15) is 46.8 Å². The lowest BCUT2D eigenvalue weighted by Crippen LogP contribution is -2.48. The molecule has 1 fully saturated rings. The fourth-order valence-electron chi connectivity index (χ4n) is 4.23. The molecule has 0 bridgehead atoms. The number of guanidine groups is 1. The molecule has 1 heterocycles. The third kappa shape index (κ3) is 7.90. The maximum Gasteiger partial charge on any atom is 0.253 e. The second-order valence-electron chi connectivity index (χ2n) is 9.09. The first-order chi connectivity index (χ1) is 15.9. The summed E-state index contributed by atoms with van der Waals surface area (Å²) in [5, 5.41) is 7.02. The third-order valence-corrected chi connectivity index (χ3v) is 6.01. The van der Waals surface area contributed by atoms with Crippen molar-refractivity contribution in [1.29, 1.82) is 0 Å². The van der Waals surface area contributed by atoms with Crippen molar-refractivity contribution in [2.24, 2.45) is 4.99 Å². The van der Waals surface area contributed by atoms with E-state index in [2.05, 4.69) is 59.7 Å². The van der Waals surface area contributed by atoms with Gasteiger partial charge in [-0.05, 0) is 56.4 Å². The Hall–Kier alpha value is -2.86. The van der Waals surface area contributed by atoms with Gasteiger partial charge in [0, 0.05) is 58.4 Å². The van der Waals surface area contributed by atoms with Gasteiger partial charge in [-0.3, -0.25) is 14.7 Å². The first-order valence-corrected chi connectivity index (χ1v) is 12.1. The highest BCUT2D eigenvalue weighted by Gasteiger charge is 2.20. The Morgan fingerprint density at radius 3 is 2.52 bits per heavy atom. The predicted octanol–water partition coefficient (Wildman–Crippen LogP) is 3.46. The lowest BCUT2D eigenvalue weighted by atomic mass is 10.0. The molecule has 0 radical (unpaired) electrons. The van der Waals surface area contributed by atoms with Crippen LogP contribution in [0.2, 0.25) is 0 Å². The zero-order valence-electron chi connectivity index (χ0n) is 20.6. The summed E-state index contributed by atoms with van der Waals surface area (Å²) in [5.74, 6) is 0.916. The minimum atomic E-state index is 0.0316. The normalized spacial score (nSPS) is 15.3. The molecule has 0 atom stereocenters. The van der Waals surface area contributed by atoms with Crippen molar-refractivity contribution >= 4 is 11.9 Å². The number of likely N-dealkylation sites (tertiary alicyclic amines) is 1. The second kappa shape index (κ2) is 12.4. The molecule has 6 heteroatoms. The van der Waals surface area contributed by atoms with E-state index in [9.17, 15) is 4.79 Å². The highest BCUT2D eigenvalue weighted by atomic mass is 16.2. The van der Waals surface area contributed by atoms with Gasteiger partial charge in [0.15, 0.2) is 5.96 Å². The number of hydrogen-bond acceptors (Lipinski definition) is 3. The third-order valence-electron chi connectivity index (χ3n) is 6.01. The zero-order chi connectivity index (χ0) is 23.6. The average Bonchev–Trinajstić information content (AvgIpc) is 2.80. The molecule has 0 spiro atoms. The van der Waals surface area contributed by atoms with Gasteiger partial charge in [0.1, 0.15) is 0 Å². The minimum Gasteiger partial charge on any atom is -0.357 e. The van der Waals surface area contributed by atoms with Crippen LogP contribution in [0.4, 0.5) is 0 Å². The molecule has 0 aromatic heterocycles. The van der Waals surface area contributed by atoms with Crippen molar-refractivity contribution in [1.82, 2.24) is 20.4 Å². The molecule has 1 saturated heterocycles. The molecule has 0 saturated carbocycles. The van der Waals surface area contributed by atoms with Crippen molar-refractivity contribution < 1.29 is 4.79 Å². The summed E-state index contributed by atoms with van der Waals surface area (Å²) in [6, 6.07) is 17.1. The molecule has 0 unspecified atom stereocenters. The quantitative estimate of drug-likeness (QED) is 0.479. The van der Waals surface area contributed by atoms with Gasteiger partial charge >= 0.3 is 0 Å². The Morgan fingerprint density at radius 1 is 1.09 bits per heavy atom. The monoisotopic (exact) mass is 449 g/mol. The molecule has 2 N–H and O–H groups in total. The van der Waals surface area contributed by atoms with Crippen LogP contribution in [0.3, 0.4) is 0 Å². The molecule has 1 amide bonds. The van der Waals surface area contributed by atoms with Crippen molar-refractivity contribution in [2.75, 3.05) is 40.3 Å². The summed E-state index contributed by atoms with van der Waals surface area (Å²) in [7, 11) is 3.56. The number of rotatable bonds is 8. The number of piperidine rings is 1. The fraction of sp³-hybridized carbons (Fsp3) is 0.481. The van der Waals surface area contributed by atoms with E-state index >= 15 is 0 Å². The smallest absolute Gasteiger partial charge is 0.253 e. The van der Waals surface area contributed by atoms with Gasteiger partial charge in [0.05, 0.1) is 0 Å². The van der Waals surface area contributed by atoms with E-state index in [1.54, 1.807) is 19.0 Å². The number of nitrogens with one attached hydrogen (secondary N) is 2. The summed E-state index contributed by atoms with van der Waals surface area (Å²) in [6.07, 6.45) is 3.04. The Morgan fingerprint density at radius 2 is 1.82 bits per heavy atom. The number of aliphatic imine (C=N–C) groups is 1. The highest BCUT2D eigenvalue weighted by Crippen LogP contribution is 2.15. The maximum absolute atomic E-state index is 12.2. The lowest BCUT2D eigenvalue weighted by Gasteiger charge is -2.33. The van der Waals surface area contributed by atoms with E-state index in [1.165, 1.54) is 11.1 Å². The molecule has 1 aliphatic heterocycles. The van der Waals surface area contributed by atoms with Crippen molar-refractivity contribution in [3.63, 3.8) is 0 Å². The van der Waals surface area contributed by atoms with Crippen LogP contribution in [0.15, 0.2) is 53.5 Å². The van der Waals surface area contributed by atoms with Crippen LogP contribution in [0, 0.1) is 6.92 Å². The number of nitrogens with zero attached hydrogens (tertiary/aromatic N) is 3. The van der Waals surface area contributed by atoms with Crippen LogP contribution < -0.4 is 10.6 Å². The second-order valence-corrected chi connectivity index (χ2v) is 9.09. The van der Waals surface area contributed by atoms with Crippen LogP contribution in [0.5, 0.6) is 0 Å². The summed E-state index contributed by atoms with van der Waals surface area (Å²) < 4.78 is 0. The standard InChI is InChI=1S/C27H39N5O/c1-5-28-27(29-15-12-22-9-7-11-24(19-22)26(33)31(3)4)30-25-13-16-32(17-14-25)20-23-10-6-8-21(2)18-23/h6-11,18-19,25H,5,12-17,20H2,1-4H3,(H2,28,29,30). The van der Waals surface area contributed by atoms with Gasteiger partial charge in [0.25, 0.3) is 5.91 Å². The summed E-state index contributed by atoms with van der Waals surface area (Å²) in [6.45, 7) is 8.98. The Kier molecular flexibility index (Phi) is 9.31. The molecule has 33 heavy (non-hydrogen) atoms. The van der Waals surface area contributed by atoms with Crippen LogP contribution in [-0.4, -0.2) is 68.0 Å². The van der Waals surface area contributed by atoms with E-state index < -0.39 is 0 Å². The molecule has 178 valence electrons. The Balaban J connectivity index is 1.48. The van der Waals surface area contributed by atoms with Crippen LogP contribution >= 0.6 is 0 Å². The SMILES string of the molecule is CCNC(=NCCc1cccc(C(=O)N(C)C)c1)NC1CCN(Cc2cccc(C)c2)CC1. The largest absolute Gasteiger partial charge is 0.357 e. The van der Waals surface area contributed by atoms with Gasteiger partial charge in [-0.25, -0.2) is 0 Å². The van der Waals surface area contributed by atoms with Crippen LogP contribution in [0.25, 0.3) is 0 Å². The zero-order valence-corrected chi connectivity index (χ0v) is 20.6. The first kappa shape index (κ1) is 24.8. The molecule has 3 rings (SSSR count). The fourth-order valence-corrected chi connectivity index (χ4v) is 4.23. The van der Waals surface area contributed by atoms with Gasteiger partial charge in [-0.15, -0.1) is 0 Å². The average molecular weight is 450 g/mol. The van der Waals surface area contributed by atoms with E-state index in [0.29, 0.717) is 12.6 Å². The number of hydrogen-bond donors (Lipinski definition) is 2. The first-order valence-electron chi connectivity index (χ1n) is 12.1. The molecule has 0 aliphatic carbocycles. The lowest BCUT2D eigenvalue weighted by molar-refractivity contribution is 0.0827. The Labute approximate surface area is 199 Å².